The highest BCUT2D eigenvalue weighted by molar-refractivity contribution is 6.04. The van der Waals surface area contributed by atoms with Crippen LogP contribution >= 0.6 is 0 Å². The first-order chi connectivity index (χ1) is 15.9. The summed E-state index contributed by atoms with van der Waals surface area (Å²) in [5.41, 5.74) is 3.53. The molecule has 0 atom stereocenters. The Morgan fingerprint density at radius 3 is 2.42 bits per heavy atom. The van der Waals surface area contributed by atoms with Gasteiger partial charge in [-0.15, -0.1) is 0 Å². The van der Waals surface area contributed by atoms with E-state index in [0.717, 1.165) is 36.3 Å². The van der Waals surface area contributed by atoms with Crippen LogP contribution in [-0.4, -0.2) is 60.3 Å². The van der Waals surface area contributed by atoms with Gasteiger partial charge < -0.3 is 30.1 Å². The van der Waals surface area contributed by atoms with Gasteiger partial charge in [-0.3, -0.25) is 9.59 Å². The molecule has 33 heavy (non-hydrogen) atoms. The average Bonchev–Trinajstić information content (AvgIpc) is 3.27. The van der Waals surface area contributed by atoms with Gasteiger partial charge in [0.25, 0.3) is 11.8 Å². The van der Waals surface area contributed by atoms with Crippen molar-refractivity contribution in [1.29, 1.82) is 0 Å². The topological polar surface area (TPSA) is 102 Å². The number of aromatic hydroxyl groups is 2. The van der Waals surface area contributed by atoms with Crippen LogP contribution in [0.4, 0.5) is 5.69 Å². The number of fused-ring (bicyclic) bond motifs is 1. The summed E-state index contributed by atoms with van der Waals surface area (Å²) in [5, 5.41) is 24.0. The third kappa shape index (κ3) is 4.48. The van der Waals surface area contributed by atoms with Crippen LogP contribution in [0.1, 0.15) is 57.2 Å². The standard InChI is InChI=1S/C25H31N3O5/c1-3-4-5-19-22(29)20(24(31)26-2)13-21(23(19)30)25(32)28-14-16-6-7-18(12-17(16)15-28)27-8-10-33-11-9-27/h6-7,12-13,29-30H,3-5,8-11,14-15H2,1-2H3,(H,26,31). The lowest BCUT2D eigenvalue weighted by atomic mass is 9.97. The van der Waals surface area contributed by atoms with E-state index in [-0.39, 0.29) is 34.1 Å². The SMILES string of the molecule is CCCCc1c(O)c(C(=O)NC)cc(C(=O)N2Cc3ccc(N4CCOCC4)cc3C2)c1O. The normalized spacial score (nSPS) is 15.5. The molecular weight excluding hydrogens is 422 g/mol. The molecule has 0 radical (unpaired) electrons. The molecule has 2 aliphatic heterocycles. The molecule has 4 rings (SSSR count). The van der Waals surface area contributed by atoms with E-state index in [2.05, 4.69) is 22.3 Å². The smallest absolute Gasteiger partial charge is 0.258 e. The van der Waals surface area contributed by atoms with Crippen LogP contribution < -0.4 is 10.2 Å². The third-order valence-corrected chi connectivity index (χ3v) is 6.43. The van der Waals surface area contributed by atoms with Crippen molar-refractivity contribution in [2.45, 2.75) is 39.3 Å². The first-order valence-electron chi connectivity index (χ1n) is 11.5. The van der Waals surface area contributed by atoms with Crippen LogP contribution in [-0.2, 0) is 24.2 Å². The maximum atomic E-state index is 13.4. The molecule has 1 saturated heterocycles. The van der Waals surface area contributed by atoms with E-state index in [1.165, 1.54) is 13.1 Å². The Hall–Kier alpha value is -3.26. The molecule has 8 nitrogen and oxygen atoms in total. The highest BCUT2D eigenvalue weighted by Gasteiger charge is 2.30. The van der Waals surface area contributed by atoms with Crippen molar-refractivity contribution in [3.8, 4) is 11.5 Å². The molecule has 0 unspecified atom stereocenters. The zero-order valence-corrected chi connectivity index (χ0v) is 19.2. The Labute approximate surface area is 193 Å². The fourth-order valence-corrected chi connectivity index (χ4v) is 4.49. The molecule has 2 aliphatic rings. The number of phenolic OH excluding ortho intramolecular Hbond substituents is 2. The zero-order valence-electron chi connectivity index (χ0n) is 19.2. The van der Waals surface area contributed by atoms with E-state index in [1.54, 1.807) is 4.90 Å². The van der Waals surface area contributed by atoms with Crippen molar-refractivity contribution < 1.29 is 24.5 Å². The number of rotatable bonds is 6. The quantitative estimate of drug-likeness (QED) is 0.622. The van der Waals surface area contributed by atoms with Crippen molar-refractivity contribution in [3.05, 3.63) is 52.1 Å². The number of ether oxygens (including phenoxy) is 1. The maximum absolute atomic E-state index is 13.4. The summed E-state index contributed by atoms with van der Waals surface area (Å²) in [6, 6.07) is 7.53. The van der Waals surface area contributed by atoms with Crippen LogP contribution in [0, 0.1) is 0 Å². The summed E-state index contributed by atoms with van der Waals surface area (Å²) in [6.07, 6.45) is 1.94. The number of carbonyl (C=O) groups is 2. The number of amides is 2. The molecule has 2 aromatic rings. The largest absolute Gasteiger partial charge is 0.507 e. The molecule has 8 heteroatoms. The summed E-state index contributed by atoms with van der Waals surface area (Å²) in [5.74, 6) is -1.38. The summed E-state index contributed by atoms with van der Waals surface area (Å²) in [6.45, 7) is 5.93. The second-order valence-electron chi connectivity index (χ2n) is 8.54. The Morgan fingerprint density at radius 1 is 1.03 bits per heavy atom. The zero-order chi connectivity index (χ0) is 23.5. The fourth-order valence-electron chi connectivity index (χ4n) is 4.49. The molecule has 2 amide bonds. The van der Waals surface area contributed by atoms with E-state index in [4.69, 9.17) is 4.74 Å². The van der Waals surface area contributed by atoms with Gasteiger partial charge in [0.05, 0.1) is 24.3 Å². The van der Waals surface area contributed by atoms with Crippen molar-refractivity contribution in [1.82, 2.24) is 10.2 Å². The van der Waals surface area contributed by atoms with Gasteiger partial charge in [-0.2, -0.15) is 0 Å². The van der Waals surface area contributed by atoms with Crippen LogP contribution in [0.25, 0.3) is 0 Å². The number of benzene rings is 2. The lowest BCUT2D eigenvalue weighted by Crippen LogP contribution is -2.36. The van der Waals surface area contributed by atoms with Crippen LogP contribution in [0.15, 0.2) is 24.3 Å². The molecule has 0 bridgehead atoms. The first-order valence-corrected chi connectivity index (χ1v) is 11.5. The minimum atomic E-state index is -0.501. The number of unbranched alkanes of at least 4 members (excludes halogenated alkanes) is 1. The number of morpholine rings is 1. The highest BCUT2D eigenvalue weighted by Crippen LogP contribution is 2.37. The van der Waals surface area contributed by atoms with E-state index < -0.39 is 5.91 Å². The van der Waals surface area contributed by atoms with E-state index in [0.29, 0.717) is 39.1 Å². The van der Waals surface area contributed by atoms with Crippen molar-refractivity contribution in [2.75, 3.05) is 38.3 Å². The van der Waals surface area contributed by atoms with Crippen LogP contribution in [0.5, 0.6) is 11.5 Å². The average molecular weight is 454 g/mol. The third-order valence-electron chi connectivity index (χ3n) is 6.43. The molecule has 0 aliphatic carbocycles. The molecular formula is C25H31N3O5. The van der Waals surface area contributed by atoms with E-state index >= 15 is 0 Å². The maximum Gasteiger partial charge on any atom is 0.258 e. The van der Waals surface area contributed by atoms with Crippen LogP contribution in [0.2, 0.25) is 0 Å². The van der Waals surface area contributed by atoms with Gasteiger partial charge in [0.2, 0.25) is 0 Å². The Bertz CT molecular complexity index is 1060. The van der Waals surface area contributed by atoms with Gasteiger partial charge >= 0.3 is 0 Å². The number of nitrogens with one attached hydrogen (secondary N) is 1. The van der Waals surface area contributed by atoms with Gasteiger partial charge in [-0.1, -0.05) is 19.4 Å². The molecule has 0 spiro atoms. The predicted molar refractivity (Wildman–Crippen MR) is 125 cm³/mol. The number of nitrogens with zero attached hydrogens (tertiary/aromatic N) is 2. The van der Waals surface area contributed by atoms with Crippen molar-refractivity contribution in [2.24, 2.45) is 0 Å². The summed E-state index contributed by atoms with van der Waals surface area (Å²) >= 11 is 0. The molecule has 2 aromatic carbocycles. The highest BCUT2D eigenvalue weighted by atomic mass is 16.5. The number of phenols is 2. The summed E-state index contributed by atoms with van der Waals surface area (Å²) in [7, 11) is 1.46. The monoisotopic (exact) mass is 453 g/mol. The lowest BCUT2D eigenvalue weighted by molar-refractivity contribution is 0.0748. The van der Waals surface area contributed by atoms with Gasteiger partial charge in [0.1, 0.15) is 11.5 Å². The summed E-state index contributed by atoms with van der Waals surface area (Å²) in [4.78, 5) is 29.7. The van der Waals surface area contributed by atoms with Gasteiger partial charge in [-0.05, 0) is 42.2 Å². The molecule has 176 valence electrons. The molecule has 3 N–H and O–H groups in total. The number of hydrogen-bond donors (Lipinski definition) is 3. The second kappa shape index (κ2) is 9.70. The van der Waals surface area contributed by atoms with Gasteiger partial charge in [0, 0.05) is 44.5 Å². The minimum Gasteiger partial charge on any atom is -0.507 e. The second-order valence-corrected chi connectivity index (χ2v) is 8.54. The Morgan fingerprint density at radius 2 is 1.73 bits per heavy atom. The van der Waals surface area contributed by atoms with Crippen molar-refractivity contribution >= 4 is 17.5 Å². The summed E-state index contributed by atoms with van der Waals surface area (Å²) < 4.78 is 5.44. The number of anilines is 1. The number of hydrogen-bond acceptors (Lipinski definition) is 6. The molecule has 1 fully saturated rings. The van der Waals surface area contributed by atoms with E-state index in [1.807, 2.05) is 13.0 Å². The van der Waals surface area contributed by atoms with Gasteiger partial charge in [-0.25, -0.2) is 0 Å². The Balaban J connectivity index is 1.62. The molecule has 2 heterocycles. The Kier molecular flexibility index (Phi) is 6.74. The lowest BCUT2D eigenvalue weighted by Gasteiger charge is -2.29. The first kappa shape index (κ1) is 22.9. The fraction of sp³-hybridized carbons (Fsp3) is 0.440. The molecule has 0 aromatic heterocycles. The van der Waals surface area contributed by atoms with Crippen molar-refractivity contribution in [3.63, 3.8) is 0 Å². The van der Waals surface area contributed by atoms with Crippen LogP contribution in [0.3, 0.4) is 0 Å². The minimum absolute atomic E-state index is 0.00364. The molecule has 0 saturated carbocycles. The van der Waals surface area contributed by atoms with E-state index in [9.17, 15) is 19.8 Å². The number of carbonyl (C=O) groups excluding carboxylic acids is 2. The predicted octanol–water partition coefficient (Wildman–Crippen LogP) is 2.79. The van der Waals surface area contributed by atoms with Gasteiger partial charge in [0.15, 0.2) is 0 Å².